The van der Waals surface area contributed by atoms with Crippen LogP contribution in [0.1, 0.15) is 17.3 Å². The van der Waals surface area contributed by atoms with E-state index in [1.165, 1.54) is 7.11 Å². The fourth-order valence-corrected chi connectivity index (χ4v) is 1.52. The topological polar surface area (TPSA) is 64.8 Å². The molecular formula is C13H21ClN2O3. The summed E-state index contributed by atoms with van der Waals surface area (Å²) < 4.78 is 10.3. The standard InChI is InChI=1S/C13H20N2O3.ClH/c1-9(8-14)15(2)13(16)11-6-5-10(17-3)7-12(11)18-4;/h5-7,9H,8,14H2,1-4H3;1H. The first-order valence-electron chi connectivity index (χ1n) is 5.74. The largest absolute Gasteiger partial charge is 0.497 e. The Hall–Kier alpha value is -1.46. The molecule has 1 aromatic rings. The highest BCUT2D eigenvalue weighted by Gasteiger charge is 2.20. The van der Waals surface area contributed by atoms with E-state index in [0.717, 1.165) is 0 Å². The molecule has 6 heteroatoms. The first kappa shape index (κ1) is 17.5. The van der Waals surface area contributed by atoms with Crippen LogP contribution in [0, 0.1) is 0 Å². The normalized spacial score (nSPS) is 11.2. The van der Waals surface area contributed by atoms with Crippen LogP contribution in [-0.2, 0) is 0 Å². The Bertz CT molecular complexity index is 426. The van der Waals surface area contributed by atoms with Crippen LogP contribution in [0.5, 0.6) is 11.5 Å². The number of nitrogens with two attached hydrogens (primary N) is 1. The monoisotopic (exact) mass is 288 g/mol. The number of hydrogen-bond donors (Lipinski definition) is 1. The number of carbonyl (C=O) groups excluding carboxylic acids is 1. The molecule has 0 radical (unpaired) electrons. The highest BCUT2D eigenvalue weighted by Crippen LogP contribution is 2.25. The zero-order valence-corrected chi connectivity index (χ0v) is 12.5. The van der Waals surface area contributed by atoms with E-state index in [1.807, 2.05) is 6.92 Å². The predicted molar refractivity (Wildman–Crippen MR) is 77.4 cm³/mol. The molecule has 0 heterocycles. The Balaban J connectivity index is 0.00000324. The number of likely N-dealkylation sites (N-methyl/N-ethyl adjacent to an activating group) is 1. The number of rotatable bonds is 5. The molecule has 1 unspecified atom stereocenters. The summed E-state index contributed by atoms with van der Waals surface area (Å²) in [5, 5.41) is 0. The van der Waals surface area contributed by atoms with Gasteiger partial charge in [-0.25, -0.2) is 0 Å². The Kier molecular flexibility index (Phi) is 7.26. The Morgan fingerprint density at radius 3 is 2.47 bits per heavy atom. The molecule has 0 aliphatic heterocycles. The Morgan fingerprint density at radius 1 is 1.37 bits per heavy atom. The highest BCUT2D eigenvalue weighted by molar-refractivity contribution is 5.97. The summed E-state index contributed by atoms with van der Waals surface area (Å²) in [6.45, 7) is 2.31. The van der Waals surface area contributed by atoms with Crippen molar-refractivity contribution in [2.75, 3.05) is 27.8 Å². The van der Waals surface area contributed by atoms with Gasteiger partial charge in [0, 0.05) is 25.7 Å². The van der Waals surface area contributed by atoms with Gasteiger partial charge in [-0.3, -0.25) is 4.79 Å². The third-order valence-electron chi connectivity index (χ3n) is 2.96. The van der Waals surface area contributed by atoms with Gasteiger partial charge in [-0.2, -0.15) is 0 Å². The van der Waals surface area contributed by atoms with E-state index in [9.17, 15) is 4.79 Å². The number of amides is 1. The van der Waals surface area contributed by atoms with Crippen molar-refractivity contribution < 1.29 is 14.3 Å². The minimum absolute atomic E-state index is 0. The number of benzene rings is 1. The minimum Gasteiger partial charge on any atom is -0.497 e. The number of hydrogen-bond acceptors (Lipinski definition) is 4. The summed E-state index contributed by atoms with van der Waals surface area (Å²) in [5.41, 5.74) is 6.06. The molecular weight excluding hydrogens is 268 g/mol. The van der Waals surface area contributed by atoms with Gasteiger partial charge in [-0.1, -0.05) is 0 Å². The quantitative estimate of drug-likeness (QED) is 0.893. The smallest absolute Gasteiger partial charge is 0.257 e. The summed E-state index contributed by atoms with van der Waals surface area (Å²) in [6, 6.07) is 5.09. The van der Waals surface area contributed by atoms with Crippen LogP contribution in [0.3, 0.4) is 0 Å². The summed E-state index contributed by atoms with van der Waals surface area (Å²) in [5.74, 6) is 1.03. The van der Waals surface area contributed by atoms with Crippen molar-refractivity contribution in [3.63, 3.8) is 0 Å². The molecule has 1 rings (SSSR count). The summed E-state index contributed by atoms with van der Waals surface area (Å²) in [7, 11) is 4.82. The molecule has 0 spiro atoms. The van der Waals surface area contributed by atoms with E-state index in [-0.39, 0.29) is 24.4 Å². The molecule has 0 aliphatic rings. The van der Waals surface area contributed by atoms with Gasteiger partial charge in [0.25, 0.3) is 5.91 Å². The number of ether oxygens (including phenoxy) is 2. The van der Waals surface area contributed by atoms with Gasteiger partial charge in [0.1, 0.15) is 11.5 Å². The Morgan fingerprint density at radius 2 is 2.00 bits per heavy atom. The minimum atomic E-state index is -0.118. The van der Waals surface area contributed by atoms with Crippen LogP contribution in [0.4, 0.5) is 0 Å². The number of methoxy groups -OCH3 is 2. The number of halogens is 1. The first-order chi connectivity index (χ1) is 8.54. The molecule has 108 valence electrons. The molecule has 2 N–H and O–H groups in total. The van der Waals surface area contributed by atoms with Crippen LogP contribution in [-0.4, -0.2) is 44.7 Å². The molecule has 0 saturated carbocycles. The second-order valence-corrected chi connectivity index (χ2v) is 4.07. The first-order valence-corrected chi connectivity index (χ1v) is 5.74. The van der Waals surface area contributed by atoms with Gasteiger partial charge >= 0.3 is 0 Å². The lowest BCUT2D eigenvalue weighted by Gasteiger charge is -2.24. The van der Waals surface area contributed by atoms with E-state index in [2.05, 4.69) is 0 Å². The van der Waals surface area contributed by atoms with Gasteiger partial charge in [0.15, 0.2) is 0 Å². The van der Waals surface area contributed by atoms with Crippen molar-refractivity contribution in [1.82, 2.24) is 4.90 Å². The molecule has 0 bridgehead atoms. The second kappa shape index (κ2) is 7.86. The van der Waals surface area contributed by atoms with Crippen LogP contribution in [0.15, 0.2) is 18.2 Å². The van der Waals surface area contributed by atoms with E-state index in [0.29, 0.717) is 23.6 Å². The van der Waals surface area contributed by atoms with Crippen LogP contribution in [0.2, 0.25) is 0 Å². The molecule has 1 atom stereocenters. The molecule has 0 saturated heterocycles. The van der Waals surface area contributed by atoms with Crippen molar-refractivity contribution in [3.05, 3.63) is 23.8 Å². The second-order valence-electron chi connectivity index (χ2n) is 4.07. The average Bonchev–Trinajstić information content (AvgIpc) is 2.43. The van der Waals surface area contributed by atoms with E-state index in [1.54, 1.807) is 37.3 Å². The Labute approximate surface area is 120 Å². The lowest BCUT2D eigenvalue weighted by Crippen LogP contribution is -2.39. The van der Waals surface area contributed by atoms with Gasteiger partial charge in [-0.05, 0) is 19.1 Å². The van der Waals surface area contributed by atoms with E-state index in [4.69, 9.17) is 15.2 Å². The number of nitrogens with zero attached hydrogens (tertiary/aromatic N) is 1. The van der Waals surface area contributed by atoms with Gasteiger partial charge < -0.3 is 20.1 Å². The third-order valence-corrected chi connectivity index (χ3v) is 2.96. The molecule has 0 fully saturated rings. The van der Waals surface area contributed by atoms with Crippen molar-refractivity contribution in [2.24, 2.45) is 5.73 Å². The molecule has 19 heavy (non-hydrogen) atoms. The van der Waals surface area contributed by atoms with Crippen LogP contribution < -0.4 is 15.2 Å². The van der Waals surface area contributed by atoms with Crippen molar-refractivity contribution in [1.29, 1.82) is 0 Å². The zero-order chi connectivity index (χ0) is 13.7. The fraction of sp³-hybridized carbons (Fsp3) is 0.462. The van der Waals surface area contributed by atoms with Crippen LogP contribution in [0.25, 0.3) is 0 Å². The fourth-order valence-electron chi connectivity index (χ4n) is 1.52. The maximum Gasteiger partial charge on any atom is 0.257 e. The van der Waals surface area contributed by atoms with E-state index < -0.39 is 0 Å². The average molecular weight is 289 g/mol. The summed E-state index contributed by atoms with van der Waals surface area (Å²) >= 11 is 0. The molecule has 1 aromatic carbocycles. The molecule has 5 nitrogen and oxygen atoms in total. The van der Waals surface area contributed by atoms with Gasteiger partial charge in [0.05, 0.1) is 19.8 Å². The zero-order valence-electron chi connectivity index (χ0n) is 11.7. The SMILES string of the molecule is COc1ccc(C(=O)N(C)C(C)CN)c(OC)c1.Cl. The van der Waals surface area contributed by atoms with Crippen molar-refractivity contribution in [3.8, 4) is 11.5 Å². The number of carbonyl (C=O) groups is 1. The van der Waals surface area contributed by atoms with Gasteiger partial charge in [-0.15, -0.1) is 12.4 Å². The predicted octanol–water partition coefficient (Wildman–Crippen LogP) is 1.54. The lowest BCUT2D eigenvalue weighted by atomic mass is 10.1. The third kappa shape index (κ3) is 4.01. The summed E-state index contributed by atoms with van der Waals surface area (Å²) in [4.78, 5) is 13.9. The molecule has 0 aliphatic carbocycles. The molecule has 1 amide bonds. The highest BCUT2D eigenvalue weighted by atomic mass is 35.5. The van der Waals surface area contributed by atoms with Crippen LogP contribution >= 0.6 is 12.4 Å². The maximum absolute atomic E-state index is 12.3. The van der Waals surface area contributed by atoms with E-state index >= 15 is 0 Å². The van der Waals surface area contributed by atoms with Gasteiger partial charge in [0.2, 0.25) is 0 Å². The van der Waals surface area contributed by atoms with Crippen molar-refractivity contribution in [2.45, 2.75) is 13.0 Å². The summed E-state index contributed by atoms with van der Waals surface area (Å²) in [6.07, 6.45) is 0. The lowest BCUT2D eigenvalue weighted by molar-refractivity contribution is 0.0745. The maximum atomic E-state index is 12.3. The van der Waals surface area contributed by atoms with Crippen molar-refractivity contribution >= 4 is 18.3 Å². The molecule has 0 aromatic heterocycles.